The number of ether oxygens (including phenoxy) is 1. The van der Waals surface area contributed by atoms with Gasteiger partial charge in [0.2, 0.25) is 0 Å². The molecule has 4 rings (SSSR count). The molecule has 0 amide bonds. The molecule has 2 fully saturated rings. The van der Waals surface area contributed by atoms with Gasteiger partial charge >= 0.3 is 0 Å². The van der Waals surface area contributed by atoms with Crippen LogP contribution in [0.4, 0.5) is 0 Å². The van der Waals surface area contributed by atoms with Gasteiger partial charge in [-0.3, -0.25) is 9.69 Å². The van der Waals surface area contributed by atoms with Crippen molar-refractivity contribution < 1.29 is 4.74 Å². The number of rotatable bonds is 3. The normalized spacial score (nSPS) is 27.5. The highest BCUT2D eigenvalue weighted by molar-refractivity contribution is 5.26. The summed E-state index contributed by atoms with van der Waals surface area (Å²) in [5, 5.41) is 3.50. The van der Waals surface area contributed by atoms with Crippen molar-refractivity contribution in [2.45, 2.75) is 37.3 Å². The molecule has 0 aromatic carbocycles. The van der Waals surface area contributed by atoms with Gasteiger partial charge in [-0.2, -0.15) is 0 Å². The monoisotopic (exact) mass is 289 g/mol. The third-order valence-corrected chi connectivity index (χ3v) is 5.14. The highest BCUT2D eigenvalue weighted by Gasteiger charge is 2.46. The summed E-state index contributed by atoms with van der Waals surface area (Å²) in [5.41, 5.74) is 2.41. The van der Waals surface area contributed by atoms with Gasteiger partial charge in [-0.15, -0.1) is 0 Å². The maximum absolute atomic E-state index is 12.1. The Morgan fingerprint density at radius 1 is 1.43 bits per heavy atom. The predicted octanol–water partition coefficient (Wildman–Crippen LogP) is 0.817. The smallest absolute Gasteiger partial charge is 0.186 e. The zero-order valence-electron chi connectivity index (χ0n) is 12.4. The number of aromatic amines is 1. The zero-order chi connectivity index (χ0) is 14.3. The maximum Gasteiger partial charge on any atom is 0.186 e. The molecule has 0 saturated carbocycles. The molecule has 4 heterocycles. The summed E-state index contributed by atoms with van der Waals surface area (Å²) in [5.74, 6) is 0. The Bertz CT molecular complexity index is 569. The quantitative estimate of drug-likeness (QED) is 0.865. The van der Waals surface area contributed by atoms with Crippen molar-refractivity contribution in [3.63, 3.8) is 0 Å². The molecule has 3 aliphatic rings. The SMILES string of the molecule is O=c1cc[nH]c2c1C(CCN1CC3(CCCO3)C1)NCC2. The number of hydrogen-bond acceptors (Lipinski definition) is 4. The Labute approximate surface area is 124 Å². The van der Waals surface area contributed by atoms with Crippen molar-refractivity contribution in [1.82, 2.24) is 15.2 Å². The summed E-state index contributed by atoms with van der Waals surface area (Å²) in [4.78, 5) is 17.8. The van der Waals surface area contributed by atoms with E-state index in [1.54, 1.807) is 12.3 Å². The molecule has 2 saturated heterocycles. The lowest BCUT2D eigenvalue weighted by atomic mass is 9.89. The number of aromatic nitrogens is 1. The molecule has 0 aliphatic carbocycles. The van der Waals surface area contributed by atoms with Gasteiger partial charge in [-0.1, -0.05) is 0 Å². The molecule has 0 radical (unpaired) electrons. The molecule has 21 heavy (non-hydrogen) atoms. The van der Waals surface area contributed by atoms with Crippen molar-refractivity contribution in [1.29, 1.82) is 0 Å². The summed E-state index contributed by atoms with van der Waals surface area (Å²) in [6.45, 7) is 5.05. The molecule has 0 bridgehead atoms. The van der Waals surface area contributed by atoms with Gasteiger partial charge in [0.05, 0.1) is 5.60 Å². The van der Waals surface area contributed by atoms with E-state index in [-0.39, 0.29) is 17.1 Å². The van der Waals surface area contributed by atoms with E-state index in [0.717, 1.165) is 56.9 Å². The minimum atomic E-state index is 0.167. The molecular formula is C16H23N3O2. The Balaban J connectivity index is 1.38. The molecule has 1 atom stereocenters. The average Bonchev–Trinajstić information content (AvgIpc) is 2.94. The first-order chi connectivity index (χ1) is 10.3. The number of H-pyrrole nitrogens is 1. The lowest BCUT2D eigenvalue weighted by Crippen LogP contribution is -2.61. The standard InChI is InChI=1S/C16H23N3O2/c20-14-3-7-18-12-2-6-17-13(15(12)14)4-8-19-10-16(11-19)5-1-9-21-16/h3,7,13,17H,1-2,4-6,8-11H2,(H,18,20). The van der Waals surface area contributed by atoms with Crippen LogP contribution in [0.2, 0.25) is 0 Å². The molecular weight excluding hydrogens is 266 g/mol. The van der Waals surface area contributed by atoms with E-state index in [1.807, 2.05) is 0 Å². The molecule has 1 spiro atoms. The van der Waals surface area contributed by atoms with Gasteiger partial charge < -0.3 is 15.0 Å². The van der Waals surface area contributed by atoms with Gasteiger partial charge in [0.1, 0.15) is 0 Å². The topological polar surface area (TPSA) is 57.4 Å². The minimum absolute atomic E-state index is 0.167. The third-order valence-electron chi connectivity index (χ3n) is 5.14. The van der Waals surface area contributed by atoms with Crippen LogP contribution in [0.25, 0.3) is 0 Å². The predicted molar refractivity (Wildman–Crippen MR) is 80.5 cm³/mol. The summed E-state index contributed by atoms with van der Waals surface area (Å²) >= 11 is 0. The molecule has 1 aromatic rings. The Hall–Kier alpha value is -1.17. The van der Waals surface area contributed by atoms with Crippen molar-refractivity contribution in [3.05, 3.63) is 33.7 Å². The Morgan fingerprint density at radius 2 is 2.33 bits per heavy atom. The number of fused-ring (bicyclic) bond motifs is 1. The number of nitrogens with zero attached hydrogens (tertiary/aromatic N) is 1. The van der Waals surface area contributed by atoms with Crippen LogP contribution in [0, 0.1) is 0 Å². The highest BCUT2D eigenvalue weighted by atomic mass is 16.5. The van der Waals surface area contributed by atoms with Gasteiger partial charge in [0, 0.05) is 68.8 Å². The van der Waals surface area contributed by atoms with Gasteiger partial charge in [-0.05, 0) is 19.3 Å². The third kappa shape index (κ3) is 2.43. The van der Waals surface area contributed by atoms with Crippen LogP contribution in [0.5, 0.6) is 0 Å². The number of pyridine rings is 1. The summed E-state index contributed by atoms with van der Waals surface area (Å²) in [6.07, 6.45) is 6.10. The van der Waals surface area contributed by atoms with Crippen LogP contribution in [-0.2, 0) is 11.2 Å². The van der Waals surface area contributed by atoms with Crippen LogP contribution in [0.3, 0.4) is 0 Å². The summed E-state index contributed by atoms with van der Waals surface area (Å²) in [7, 11) is 0. The number of likely N-dealkylation sites (tertiary alicyclic amines) is 1. The van der Waals surface area contributed by atoms with Crippen molar-refractivity contribution >= 4 is 0 Å². The van der Waals surface area contributed by atoms with E-state index in [1.165, 1.54) is 12.8 Å². The minimum Gasteiger partial charge on any atom is -0.372 e. The van der Waals surface area contributed by atoms with Crippen molar-refractivity contribution in [3.8, 4) is 0 Å². The fourth-order valence-corrected chi connectivity index (χ4v) is 4.09. The van der Waals surface area contributed by atoms with E-state index in [9.17, 15) is 4.79 Å². The van der Waals surface area contributed by atoms with E-state index in [4.69, 9.17) is 4.74 Å². The van der Waals surface area contributed by atoms with E-state index in [2.05, 4.69) is 15.2 Å². The second kappa shape index (κ2) is 5.23. The molecule has 1 aromatic heterocycles. The van der Waals surface area contributed by atoms with Crippen LogP contribution in [-0.4, -0.2) is 48.3 Å². The van der Waals surface area contributed by atoms with Crippen molar-refractivity contribution in [2.24, 2.45) is 0 Å². The average molecular weight is 289 g/mol. The second-order valence-electron chi connectivity index (χ2n) is 6.63. The molecule has 114 valence electrons. The van der Waals surface area contributed by atoms with E-state index in [0.29, 0.717) is 0 Å². The summed E-state index contributed by atoms with van der Waals surface area (Å²) in [6, 6.07) is 1.84. The first kappa shape index (κ1) is 13.5. The first-order valence-electron chi connectivity index (χ1n) is 8.06. The van der Waals surface area contributed by atoms with Crippen LogP contribution >= 0.6 is 0 Å². The maximum atomic E-state index is 12.1. The largest absolute Gasteiger partial charge is 0.372 e. The molecule has 5 heteroatoms. The van der Waals surface area contributed by atoms with Crippen LogP contribution < -0.4 is 10.7 Å². The zero-order valence-corrected chi connectivity index (χ0v) is 12.4. The van der Waals surface area contributed by atoms with E-state index < -0.39 is 0 Å². The van der Waals surface area contributed by atoms with Gasteiger partial charge in [0.15, 0.2) is 5.43 Å². The van der Waals surface area contributed by atoms with Crippen LogP contribution in [0.15, 0.2) is 17.1 Å². The Kier molecular flexibility index (Phi) is 3.36. The highest BCUT2D eigenvalue weighted by Crippen LogP contribution is 2.35. The van der Waals surface area contributed by atoms with E-state index >= 15 is 0 Å². The second-order valence-corrected chi connectivity index (χ2v) is 6.63. The lowest BCUT2D eigenvalue weighted by Gasteiger charge is -2.47. The van der Waals surface area contributed by atoms with Gasteiger partial charge in [-0.25, -0.2) is 0 Å². The molecule has 5 nitrogen and oxygen atoms in total. The van der Waals surface area contributed by atoms with Crippen LogP contribution in [0.1, 0.15) is 36.6 Å². The number of nitrogens with one attached hydrogen (secondary N) is 2. The molecule has 1 unspecified atom stereocenters. The summed E-state index contributed by atoms with van der Waals surface area (Å²) < 4.78 is 5.86. The molecule has 2 N–H and O–H groups in total. The number of hydrogen-bond donors (Lipinski definition) is 2. The fourth-order valence-electron chi connectivity index (χ4n) is 4.09. The first-order valence-corrected chi connectivity index (χ1v) is 8.06. The molecule has 3 aliphatic heterocycles. The van der Waals surface area contributed by atoms with Gasteiger partial charge in [0.25, 0.3) is 0 Å². The fraction of sp³-hybridized carbons (Fsp3) is 0.688. The Morgan fingerprint density at radius 3 is 3.14 bits per heavy atom. The lowest BCUT2D eigenvalue weighted by molar-refractivity contribution is -0.111. The van der Waals surface area contributed by atoms with Crippen molar-refractivity contribution in [2.75, 3.05) is 32.8 Å².